The second kappa shape index (κ2) is 6.24. The van der Waals surface area contributed by atoms with Crippen molar-refractivity contribution >= 4 is 12.6 Å². The third-order valence-electron chi connectivity index (χ3n) is 2.11. The van der Waals surface area contributed by atoms with Crippen LogP contribution in [0.3, 0.4) is 0 Å². The number of aryl methyl sites for hydroxylation is 1. The van der Waals surface area contributed by atoms with E-state index in [9.17, 15) is 0 Å². The maximum absolute atomic E-state index is 4.18. The minimum Gasteiger partial charge on any atom is -0.211 e. The fraction of sp³-hybridized carbons (Fsp3) is 0.545. The van der Waals surface area contributed by atoms with Gasteiger partial charge in [-0.25, -0.2) is 6.07 Å². The summed E-state index contributed by atoms with van der Waals surface area (Å²) in [4.78, 5) is 0. The van der Waals surface area contributed by atoms with E-state index in [0.717, 1.165) is 5.75 Å². The van der Waals surface area contributed by atoms with Crippen LogP contribution in [0.2, 0.25) is 0 Å². The Labute approximate surface area is 80.8 Å². The standard InChI is InChI=1S/C11H17S/c12-10-6-2-1-3-7-11-8-4-5-9-11/h4-5,8-9,12H,1-3,6-7,10H2/q-1. The molecule has 0 atom stereocenters. The summed E-state index contributed by atoms with van der Waals surface area (Å²) in [6.45, 7) is 0. The Balaban J connectivity index is 1.96. The van der Waals surface area contributed by atoms with Gasteiger partial charge in [-0.3, -0.25) is 0 Å². The molecule has 0 amide bonds. The van der Waals surface area contributed by atoms with Crippen molar-refractivity contribution in [3.05, 3.63) is 29.8 Å². The number of unbranched alkanes of at least 4 members (excludes halogenated alkanes) is 3. The molecule has 0 fully saturated rings. The van der Waals surface area contributed by atoms with Crippen LogP contribution < -0.4 is 0 Å². The molecule has 1 rings (SSSR count). The molecule has 0 radical (unpaired) electrons. The van der Waals surface area contributed by atoms with Gasteiger partial charge >= 0.3 is 0 Å². The molecule has 1 heteroatoms. The van der Waals surface area contributed by atoms with Crippen molar-refractivity contribution in [2.75, 3.05) is 5.75 Å². The second-order valence-corrected chi connectivity index (χ2v) is 3.63. The van der Waals surface area contributed by atoms with Crippen LogP contribution >= 0.6 is 12.6 Å². The summed E-state index contributed by atoms with van der Waals surface area (Å²) in [5, 5.41) is 0. The Morgan fingerprint density at radius 3 is 2.67 bits per heavy atom. The topological polar surface area (TPSA) is 0 Å². The van der Waals surface area contributed by atoms with E-state index in [-0.39, 0.29) is 0 Å². The van der Waals surface area contributed by atoms with Gasteiger partial charge in [-0.1, -0.05) is 25.7 Å². The second-order valence-electron chi connectivity index (χ2n) is 3.18. The first-order chi connectivity index (χ1) is 5.93. The fourth-order valence-electron chi connectivity index (χ4n) is 1.38. The van der Waals surface area contributed by atoms with Crippen molar-refractivity contribution in [1.82, 2.24) is 0 Å². The van der Waals surface area contributed by atoms with Crippen LogP contribution in [-0.2, 0) is 6.42 Å². The van der Waals surface area contributed by atoms with E-state index in [4.69, 9.17) is 0 Å². The normalized spacial score (nSPS) is 10.4. The van der Waals surface area contributed by atoms with E-state index >= 15 is 0 Å². The maximum atomic E-state index is 4.18. The van der Waals surface area contributed by atoms with E-state index in [1.165, 1.54) is 37.7 Å². The zero-order valence-electron chi connectivity index (χ0n) is 7.50. The molecule has 0 aromatic heterocycles. The minimum atomic E-state index is 1.04. The van der Waals surface area contributed by atoms with Gasteiger partial charge in [-0.15, -0.1) is 0 Å². The molecular formula is C11H17S-. The Morgan fingerprint density at radius 2 is 2.00 bits per heavy atom. The number of thiol groups is 1. The molecule has 0 bridgehead atoms. The van der Waals surface area contributed by atoms with Crippen molar-refractivity contribution in [3.8, 4) is 0 Å². The smallest absolute Gasteiger partial charge is 0.00979 e. The van der Waals surface area contributed by atoms with E-state index in [0.29, 0.717) is 0 Å². The molecule has 0 spiro atoms. The molecule has 0 saturated heterocycles. The van der Waals surface area contributed by atoms with Gasteiger partial charge in [-0.05, 0) is 12.2 Å². The van der Waals surface area contributed by atoms with Crippen LogP contribution in [0.4, 0.5) is 0 Å². The lowest BCUT2D eigenvalue weighted by Gasteiger charge is -2.02. The van der Waals surface area contributed by atoms with E-state index in [1.54, 1.807) is 0 Å². The molecule has 0 aliphatic heterocycles. The molecule has 0 N–H and O–H groups in total. The highest BCUT2D eigenvalue weighted by Crippen LogP contribution is 2.08. The van der Waals surface area contributed by atoms with Gasteiger partial charge in [0.1, 0.15) is 0 Å². The van der Waals surface area contributed by atoms with Gasteiger partial charge in [0.25, 0.3) is 0 Å². The number of hydrogen-bond donors (Lipinski definition) is 1. The summed E-state index contributed by atoms with van der Waals surface area (Å²) in [6.07, 6.45) is 6.54. The zero-order chi connectivity index (χ0) is 8.65. The highest BCUT2D eigenvalue weighted by atomic mass is 32.1. The van der Waals surface area contributed by atoms with Crippen molar-refractivity contribution in [2.24, 2.45) is 0 Å². The first-order valence-corrected chi connectivity index (χ1v) is 5.38. The molecule has 0 aliphatic carbocycles. The van der Waals surface area contributed by atoms with Gasteiger partial charge in [0.05, 0.1) is 0 Å². The zero-order valence-corrected chi connectivity index (χ0v) is 8.39. The Kier molecular flexibility index (Phi) is 5.09. The molecule has 1 aromatic carbocycles. The molecule has 12 heavy (non-hydrogen) atoms. The summed E-state index contributed by atoms with van der Waals surface area (Å²) >= 11 is 4.18. The first kappa shape index (κ1) is 9.79. The Hall–Kier alpha value is -0.300. The van der Waals surface area contributed by atoms with Gasteiger partial charge in [-0.2, -0.15) is 36.4 Å². The SMILES string of the molecule is SCCCCCCc1cc[cH-]c1. The highest BCUT2D eigenvalue weighted by Gasteiger charge is 1.87. The summed E-state index contributed by atoms with van der Waals surface area (Å²) < 4.78 is 0. The van der Waals surface area contributed by atoms with E-state index in [1.807, 2.05) is 0 Å². The Morgan fingerprint density at radius 1 is 1.17 bits per heavy atom. The largest absolute Gasteiger partial charge is 0.211 e. The molecule has 0 nitrogen and oxygen atoms in total. The van der Waals surface area contributed by atoms with Crippen LogP contribution in [0.5, 0.6) is 0 Å². The van der Waals surface area contributed by atoms with Crippen molar-refractivity contribution in [3.63, 3.8) is 0 Å². The van der Waals surface area contributed by atoms with Gasteiger partial charge in [0, 0.05) is 0 Å². The predicted molar refractivity (Wildman–Crippen MR) is 58.1 cm³/mol. The fourth-order valence-corrected chi connectivity index (χ4v) is 1.60. The quantitative estimate of drug-likeness (QED) is 0.388. The third kappa shape index (κ3) is 3.91. The monoisotopic (exact) mass is 181 g/mol. The molecule has 0 saturated carbocycles. The summed E-state index contributed by atoms with van der Waals surface area (Å²) in [5.74, 6) is 1.04. The van der Waals surface area contributed by atoms with E-state index < -0.39 is 0 Å². The summed E-state index contributed by atoms with van der Waals surface area (Å²) in [7, 11) is 0. The van der Waals surface area contributed by atoms with Crippen LogP contribution in [-0.4, -0.2) is 5.75 Å². The maximum Gasteiger partial charge on any atom is -0.00979 e. The van der Waals surface area contributed by atoms with Gasteiger partial charge in [0.15, 0.2) is 0 Å². The van der Waals surface area contributed by atoms with Crippen LogP contribution in [0.15, 0.2) is 24.3 Å². The lowest BCUT2D eigenvalue weighted by Crippen LogP contribution is -1.83. The van der Waals surface area contributed by atoms with Crippen LogP contribution in [0, 0.1) is 0 Å². The van der Waals surface area contributed by atoms with Crippen LogP contribution in [0.25, 0.3) is 0 Å². The summed E-state index contributed by atoms with van der Waals surface area (Å²) in [6, 6.07) is 8.64. The van der Waals surface area contributed by atoms with E-state index in [2.05, 4.69) is 36.9 Å². The van der Waals surface area contributed by atoms with Gasteiger partial charge < -0.3 is 0 Å². The van der Waals surface area contributed by atoms with Crippen LogP contribution in [0.1, 0.15) is 31.2 Å². The number of hydrogen-bond acceptors (Lipinski definition) is 1. The Bertz CT molecular complexity index is 177. The molecular weight excluding hydrogens is 164 g/mol. The third-order valence-corrected chi connectivity index (χ3v) is 2.42. The molecule has 0 heterocycles. The molecule has 0 aliphatic rings. The highest BCUT2D eigenvalue weighted by molar-refractivity contribution is 7.80. The molecule has 0 unspecified atom stereocenters. The lowest BCUT2D eigenvalue weighted by molar-refractivity contribution is 0.671. The number of rotatable bonds is 6. The summed E-state index contributed by atoms with van der Waals surface area (Å²) in [5.41, 5.74) is 1.49. The minimum absolute atomic E-state index is 1.04. The average Bonchev–Trinajstić information content (AvgIpc) is 2.57. The first-order valence-electron chi connectivity index (χ1n) is 4.75. The van der Waals surface area contributed by atoms with Gasteiger partial charge in [0.2, 0.25) is 0 Å². The average molecular weight is 181 g/mol. The van der Waals surface area contributed by atoms with Crippen molar-refractivity contribution in [2.45, 2.75) is 32.1 Å². The lowest BCUT2D eigenvalue weighted by atomic mass is 10.1. The molecule has 1 aromatic rings. The molecule has 68 valence electrons. The predicted octanol–water partition coefficient (Wildman–Crippen LogP) is 3.44. The van der Waals surface area contributed by atoms with Crippen molar-refractivity contribution < 1.29 is 0 Å². The van der Waals surface area contributed by atoms with Crippen molar-refractivity contribution in [1.29, 1.82) is 0 Å².